The maximum Gasteiger partial charge on any atom is 0.279 e. The van der Waals surface area contributed by atoms with Gasteiger partial charge in [0.15, 0.2) is 11.5 Å². The quantitative estimate of drug-likeness (QED) is 0.191. The number of benzene rings is 4. The fraction of sp³-hybridized carbons (Fsp3) is 0.194. The number of nitrogens with zero attached hydrogens (tertiary/aromatic N) is 2. The van der Waals surface area contributed by atoms with E-state index in [1.54, 1.807) is 6.07 Å². The molecule has 4 aromatic rings. The van der Waals surface area contributed by atoms with Crippen LogP contribution in [0.1, 0.15) is 42.5 Å². The van der Waals surface area contributed by atoms with Crippen LogP contribution in [0, 0.1) is 10.1 Å². The van der Waals surface area contributed by atoms with Crippen molar-refractivity contribution < 1.29 is 19.2 Å². The zero-order valence-corrected chi connectivity index (χ0v) is 21.7. The second-order valence-electron chi connectivity index (χ2n) is 9.64. The summed E-state index contributed by atoms with van der Waals surface area (Å²) in [6.07, 6.45) is 0. The van der Waals surface area contributed by atoms with E-state index in [1.807, 2.05) is 89.8 Å². The maximum absolute atomic E-state index is 14.2. The molecular weight excluding hydrogens is 494 g/mol. The molecule has 1 heterocycles. The van der Waals surface area contributed by atoms with Crippen molar-refractivity contribution in [2.75, 3.05) is 17.0 Å². The first kappa shape index (κ1) is 25.8. The molecule has 0 spiro atoms. The fourth-order valence-corrected chi connectivity index (χ4v) is 4.67. The molecule has 4 aromatic carbocycles. The Kier molecular flexibility index (Phi) is 7.45. The predicted molar refractivity (Wildman–Crippen MR) is 150 cm³/mol. The van der Waals surface area contributed by atoms with Gasteiger partial charge in [0.05, 0.1) is 16.6 Å². The lowest BCUT2D eigenvalue weighted by Crippen LogP contribution is -2.37. The number of nitrogens with one attached hydrogen (secondary N) is 1. The van der Waals surface area contributed by atoms with Crippen LogP contribution in [0.2, 0.25) is 0 Å². The number of amides is 1. The topological polar surface area (TPSA) is 93.9 Å². The number of fused-ring (bicyclic) bond motifs is 1. The Morgan fingerprint density at radius 3 is 2.15 bits per heavy atom. The zero-order valence-electron chi connectivity index (χ0n) is 21.7. The van der Waals surface area contributed by atoms with Crippen LogP contribution >= 0.6 is 0 Å². The SMILES string of the molecule is CC(C)c1ccc(NC(=O)[C@@H](c2cc3c(cc2[N+](=O)[O-])OCO3)N(Cc2ccccc2)c2ccccc2)cc1. The largest absolute Gasteiger partial charge is 0.454 e. The average molecular weight is 524 g/mol. The van der Waals surface area contributed by atoms with E-state index < -0.39 is 16.9 Å². The van der Waals surface area contributed by atoms with Crippen molar-refractivity contribution in [3.8, 4) is 11.5 Å². The van der Waals surface area contributed by atoms with Gasteiger partial charge in [-0.05, 0) is 47.4 Å². The summed E-state index contributed by atoms with van der Waals surface area (Å²) < 4.78 is 11.0. The molecule has 1 aliphatic rings. The average Bonchev–Trinajstić information content (AvgIpc) is 3.41. The molecule has 0 saturated heterocycles. The molecule has 0 fully saturated rings. The third kappa shape index (κ3) is 5.70. The van der Waals surface area contributed by atoms with Crippen molar-refractivity contribution in [1.29, 1.82) is 0 Å². The highest BCUT2D eigenvalue weighted by atomic mass is 16.7. The van der Waals surface area contributed by atoms with E-state index in [4.69, 9.17) is 9.47 Å². The van der Waals surface area contributed by atoms with Crippen LogP contribution in [0.15, 0.2) is 97.1 Å². The minimum absolute atomic E-state index is 0.0403. The molecule has 0 aliphatic carbocycles. The van der Waals surface area contributed by atoms with Gasteiger partial charge in [-0.2, -0.15) is 0 Å². The Bertz CT molecular complexity index is 1460. The summed E-state index contributed by atoms with van der Waals surface area (Å²) in [4.78, 5) is 27.8. The molecule has 198 valence electrons. The molecule has 8 heteroatoms. The maximum atomic E-state index is 14.2. The van der Waals surface area contributed by atoms with E-state index in [1.165, 1.54) is 6.07 Å². The number of hydrogen-bond acceptors (Lipinski definition) is 6. The van der Waals surface area contributed by atoms with E-state index in [0.29, 0.717) is 23.9 Å². The summed E-state index contributed by atoms with van der Waals surface area (Å²) in [5.74, 6) is 0.581. The van der Waals surface area contributed by atoms with Crippen molar-refractivity contribution in [2.24, 2.45) is 0 Å². The predicted octanol–water partition coefficient (Wildman–Crippen LogP) is 6.83. The number of nitro benzene ring substituents is 1. The lowest BCUT2D eigenvalue weighted by atomic mass is 9.99. The highest BCUT2D eigenvalue weighted by Gasteiger charge is 2.36. The molecular formula is C31H29N3O5. The standard InChI is InChI=1S/C31H29N3O5/c1-21(2)23-13-15-24(16-14-23)32-31(35)30(26-17-28-29(39-20-38-28)18-27(26)34(36)37)33(25-11-7-4-8-12-25)19-22-9-5-3-6-10-22/h3-18,21,30H,19-20H2,1-2H3,(H,32,35)/t30-/m1/s1. The molecule has 5 rings (SSSR count). The van der Waals surface area contributed by atoms with Gasteiger partial charge >= 0.3 is 0 Å². The number of hydrogen-bond donors (Lipinski definition) is 1. The Morgan fingerprint density at radius 1 is 0.923 bits per heavy atom. The molecule has 0 unspecified atom stereocenters. The van der Waals surface area contributed by atoms with Gasteiger partial charge in [-0.25, -0.2) is 0 Å². The van der Waals surface area contributed by atoms with Crippen molar-refractivity contribution in [2.45, 2.75) is 32.4 Å². The first-order valence-corrected chi connectivity index (χ1v) is 12.7. The third-order valence-corrected chi connectivity index (χ3v) is 6.70. The minimum atomic E-state index is -1.06. The first-order valence-electron chi connectivity index (χ1n) is 12.7. The van der Waals surface area contributed by atoms with Gasteiger partial charge in [0, 0.05) is 17.9 Å². The fourth-order valence-electron chi connectivity index (χ4n) is 4.67. The minimum Gasteiger partial charge on any atom is -0.454 e. The Hall–Kier alpha value is -4.85. The number of carbonyl (C=O) groups is 1. The highest BCUT2D eigenvalue weighted by molar-refractivity contribution is 5.98. The van der Waals surface area contributed by atoms with Gasteiger partial charge in [-0.15, -0.1) is 0 Å². The number of anilines is 2. The number of ether oxygens (including phenoxy) is 2. The van der Waals surface area contributed by atoms with E-state index in [2.05, 4.69) is 19.2 Å². The van der Waals surface area contributed by atoms with Crippen molar-refractivity contribution in [3.05, 3.63) is 124 Å². The van der Waals surface area contributed by atoms with Crippen LogP contribution in [0.4, 0.5) is 17.1 Å². The van der Waals surface area contributed by atoms with E-state index in [-0.39, 0.29) is 23.8 Å². The Labute approximate surface area is 227 Å². The summed E-state index contributed by atoms with van der Waals surface area (Å²) in [7, 11) is 0. The van der Waals surface area contributed by atoms with Crippen molar-refractivity contribution in [3.63, 3.8) is 0 Å². The van der Waals surface area contributed by atoms with Gasteiger partial charge < -0.3 is 19.7 Å². The Morgan fingerprint density at radius 2 is 1.54 bits per heavy atom. The van der Waals surface area contributed by atoms with Gasteiger partial charge in [-0.1, -0.05) is 74.5 Å². The van der Waals surface area contributed by atoms with Gasteiger partial charge in [0.2, 0.25) is 6.79 Å². The Balaban J connectivity index is 1.64. The molecule has 8 nitrogen and oxygen atoms in total. The number of nitro groups is 1. The summed E-state index contributed by atoms with van der Waals surface area (Å²) in [6, 6.07) is 28.6. The van der Waals surface area contributed by atoms with Crippen LogP contribution in [0.25, 0.3) is 0 Å². The van der Waals surface area contributed by atoms with Gasteiger partial charge in [0.1, 0.15) is 6.04 Å². The van der Waals surface area contributed by atoms with E-state index in [9.17, 15) is 14.9 Å². The normalized spacial score (nSPS) is 12.7. The van der Waals surface area contributed by atoms with Crippen LogP contribution in [-0.2, 0) is 11.3 Å². The number of rotatable bonds is 9. The molecule has 39 heavy (non-hydrogen) atoms. The third-order valence-electron chi connectivity index (χ3n) is 6.70. The van der Waals surface area contributed by atoms with Crippen molar-refractivity contribution >= 4 is 23.0 Å². The number of para-hydroxylation sites is 1. The van der Waals surface area contributed by atoms with Crippen molar-refractivity contribution in [1.82, 2.24) is 0 Å². The van der Waals surface area contributed by atoms with E-state index >= 15 is 0 Å². The van der Waals surface area contributed by atoms with E-state index in [0.717, 1.165) is 16.8 Å². The van der Waals surface area contributed by atoms with Crippen LogP contribution in [0.3, 0.4) is 0 Å². The molecule has 0 aromatic heterocycles. The van der Waals surface area contributed by atoms with Crippen LogP contribution in [0.5, 0.6) is 11.5 Å². The summed E-state index contributed by atoms with van der Waals surface area (Å²) >= 11 is 0. The van der Waals surface area contributed by atoms with Crippen LogP contribution < -0.4 is 19.7 Å². The highest BCUT2D eigenvalue weighted by Crippen LogP contribution is 2.43. The molecule has 1 N–H and O–H groups in total. The zero-order chi connectivity index (χ0) is 27.4. The second-order valence-corrected chi connectivity index (χ2v) is 9.64. The smallest absolute Gasteiger partial charge is 0.279 e. The number of carbonyl (C=O) groups excluding carboxylic acids is 1. The summed E-state index contributed by atoms with van der Waals surface area (Å²) in [5.41, 5.74) is 3.42. The molecule has 1 atom stereocenters. The lowest BCUT2D eigenvalue weighted by Gasteiger charge is -2.33. The summed E-state index contributed by atoms with van der Waals surface area (Å²) in [5, 5.41) is 15.3. The summed E-state index contributed by atoms with van der Waals surface area (Å²) in [6.45, 7) is 4.50. The second kappa shape index (κ2) is 11.3. The first-order chi connectivity index (χ1) is 18.9. The van der Waals surface area contributed by atoms with Crippen LogP contribution in [-0.4, -0.2) is 17.6 Å². The molecule has 1 aliphatic heterocycles. The molecule has 0 saturated carbocycles. The molecule has 0 radical (unpaired) electrons. The van der Waals surface area contributed by atoms with Gasteiger partial charge in [0.25, 0.3) is 11.6 Å². The monoisotopic (exact) mass is 523 g/mol. The molecule has 0 bridgehead atoms. The van der Waals surface area contributed by atoms with Gasteiger partial charge in [-0.3, -0.25) is 14.9 Å². The molecule has 1 amide bonds. The lowest BCUT2D eigenvalue weighted by molar-refractivity contribution is -0.385.